The summed E-state index contributed by atoms with van der Waals surface area (Å²) >= 11 is 0. The molecule has 0 N–H and O–H groups in total. The van der Waals surface area contributed by atoms with Crippen molar-refractivity contribution in [2.24, 2.45) is 0 Å². The quantitative estimate of drug-likeness (QED) is 0.317. The molecule has 0 saturated heterocycles. The van der Waals surface area contributed by atoms with E-state index < -0.39 is 0 Å². The molecule has 0 unspecified atom stereocenters. The molecule has 0 saturated carbocycles. The summed E-state index contributed by atoms with van der Waals surface area (Å²) in [5, 5.41) is 6.97. The molecule has 0 aliphatic heterocycles. The maximum absolute atomic E-state index is 5.73. The fourth-order valence-electron chi connectivity index (χ4n) is 3.14. The van der Waals surface area contributed by atoms with Crippen LogP contribution in [0.2, 0.25) is 0 Å². The molecule has 0 radical (unpaired) electrons. The lowest BCUT2D eigenvalue weighted by Gasteiger charge is -2.14. The third kappa shape index (κ3) is 1.18. The Morgan fingerprint density at radius 1 is 0.600 bits per heavy atom. The molecule has 0 atom stereocenters. The first-order chi connectivity index (χ1) is 9.85. The SMILES string of the molecule is C#Cc1c(C#C)c2cccc3ccc4cccc1c4c32. The second-order valence-corrected chi connectivity index (χ2v) is 4.91. The molecule has 90 valence electrons. The van der Waals surface area contributed by atoms with E-state index in [1.807, 2.05) is 12.1 Å². The molecule has 0 fully saturated rings. The average molecular weight is 250 g/mol. The van der Waals surface area contributed by atoms with Crippen LogP contribution in [0.25, 0.3) is 32.3 Å². The molecule has 0 aliphatic rings. The van der Waals surface area contributed by atoms with E-state index in [0.717, 1.165) is 21.9 Å². The monoisotopic (exact) mass is 250 g/mol. The second-order valence-electron chi connectivity index (χ2n) is 4.91. The van der Waals surface area contributed by atoms with Gasteiger partial charge in [0.15, 0.2) is 0 Å². The van der Waals surface area contributed by atoms with Crippen molar-refractivity contribution < 1.29 is 0 Å². The Hall–Kier alpha value is -2.96. The summed E-state index contributed by atoms with van der Waals surface area (Å²) in [4.78, 5) is 0. The molecule has 4 aromatic rings. The largest absolute Gasteiger partial charge is 0.115 e. The van der Waals surface area contributed by atoms with Crippen molar-refractivity contribution in [3.8, 4) is 24.7 Å². The van der Waals surface area contributed by atoms with Crippen molar-refractivity contribution in [3.05, 3.63) is 59.7 Å². The van der Waals surface area contributed by atoms with Crippen LogP contribution in [0.5, 0.6) is 0 Å². The highest BCUT2D eigenvalue weighted by Crippen LogP contribution is 2.38. The average Bonchev–Trinajstić information content (AvgIpc) is 2.51. The van der Waals surface area contributed by atoms with E-state index in [-0.39, 0.29) is 0 Å². The Bertz CT molecular complexity index is 966. The summed E-state index contributed by atoms with van der Waals surface area (Å²) in [6.07, 6.45) is 11.5. The van der Waals surface area contributed by atoms with Gasteiger partial charge in [-0.2, -0.15) is 0 Å². The maximum Gasteiger partial charge on any atom is 0.0484 e. The number of rotatable bonds is 0. The van der Waals surface area contributed by atoms with Gasteiger partial charge in [0.05, 0.1) is 0 Å². The van der Waals surface area contributed by atoms with Gasteiger partial charge in [-0.05, 0) is 32.3 Å². The molecular weight excluding hydrogens is 240 g/mol. The van der Waals surface area contributed by atoms with E-state index in [1.165, 1.54) is 21.5 Å². The molecule has 0 spiro atoms. The molecular formula is C20H10. The number of hydrogen-bond acceptors (Lipinski definition) is 0. The zero-order valence-electron chi connectivity index (χ0n) is 10.8. The van der Waals surface area contributed by atoms with Gasteiger partial charge in [-0.1, -0.05) is 60.4 Å². The lowest BCUT2D eigenvalue weighted by Crippen LogP contribution is -1.92. The number of hydrogen-bond donors (Lipinski definition) is 0. The van der Waals surface area contributed by atoms with E-state index in [0.29, 0.717) is 0 Å². The van der Waals surface area contributed by atoms with Crippen LogP contribution in [-0.4, -0.2) is 0 Å². The van der Waals surface area contributed by atoms with E-state index >= 15 is 0 Å². The Morgan fingerprint density at radius 3 is 1.45 bits per heavy atom. The Labute approximate surface area is 117 Å². The van der Waals surface area contributed by atoms with Crippen LogP contribution in [0.1, 0.15) is 11.1 Å². The van der Waals surface area contributed by atoms with Crippen LogP contribution in [0.3, 0.4) is 0 Å². The standard InChI is InChI=1S/C20H10/c1-3-15-16(4-2)18-10-6-8-14-12-11-13-7-5-9-17(15)19(13)20(14)18/h1-2,5-12H. The highest BCUT2D eigenvalue weighted by atomic mass is 14.2. The molecule has 20 heavy (non-hydrogen) atoms. The summed E-state index contributed by atoms with van der Waals surface area (Å²) < 4.78 is 0. The van der Waals surface area contributed by atoms with Gasteiger partial charge in [0.1, 0.15) is 0 Å². The summed E-state index contributed by atoms with van der Waals surface area (Å²) in [6, 6.07) is 16.7. The predicted octanol–water partition coefficient (Wildman–Crippen LogP) is 4.55. The summed E-state index contributed by atoms with van der Waals surface area (Å²) in [7, 11) is 0. The van der Waals surface area contributed by atoms with Crippen molar-refractivity contribution in [1.29, 1.82) is 0 Å². The van der Waals surface area contributed by atoms with Crippen LogP contribution < -0.4 is 0 Å². The predicted molar refractivity (Wildman–Crippen MR) is 86.0 cm³/mol. The van der Waals surface area contributed by atoms with Crippen LogP contribution >= 0.6 is 0 Å². The minimum Gasteiger partial charge on any atom is -0.115 e. The van der Waals surface area contributed by atoms with Crippen molar-refractivity contribution >= 4 is 32.3 Å². The molecule has 0 heteroatoms. The molecule has 4 rings (SSSR count). The topological polar surface area (TPSA) is 0 Å². The third-order valence-corrected chi connectivity index (χ3v) is 3.96. The van der Waals surface area contributed by atoms with Gasteiger partial charge in [-0.25, -0.2) is 0 Å². The first kappa shape index (κ1) is 10.9. The fourth-order valence-corrected chi connectivity index (χ4v) is 3.14. The maximum atomic E-state index is 5.73. The zero-order chi connectivity index (χ0) is 13.7. The third-order valence-electron chi connectivity index (χ3n) is 3.96. The van der Waals surface area contributed by atoms with Gasteiger partial charge in [-0.3, -0.25) is 0 Å². The minimum atomic E-state index is 0.823. The van der Waals surface area contributed by atoms with Crippen molar-refractivity contribution in [2.45, 2.75) is 0 Å². The summed E-state index contributed by atoms with van der Waals surface area (Å²) in [5.74, 6) is 5.57. The van der Waals surface area contributed by atoms with E-state index in [9.17, 15) is 0 Å². The molecule has 0 amide bonds. The smallest absolute Gasteiger partial charge is 0.0484 e. The minimum absolute atomic E-state index is 0.823. The van der Waals surface area contributed by atoms with Crippen molar-refractivity contribution in [2.75, 3.05) is 0 Å². The Balaban J connectivity index is 2.52. The van der Waals surface area contributed by atoms with Crippen LogP contribution in [0.4, 0.5) is 0 Å². The Kier molecular flexibility index (Phi) is 2.06. The lowest BCUT2D eigenvalue weighted by molar-refractivity contribution is 1.70. The Morgan fingerprint density at radius 2 is 1.05 bits per heavy atom. The van der Waals surface area contributed by atoms with Crippen molar-refractivity contribution in [1.82, 2.24) is 0 Å². The van der Waals surface area contributed by atoms with Gasteiger partial charge in [0.25, 0.3) is 0 Å². The van der Waals surface area contributed by atoms with Gasteiger partial charge in [0.2, 0.25) is 0 Å². The molecule has 0 aliphatic carbocycles. The first-order valence-corrected chi connectivity index (χ1v) is 6.48. The summed E-state index contributed by atoms with van der Waals surface area (Å²) in [6.45, 7) is 0. The fraction of sp³-hybridized carbons (Fsp3) is 0. The zero-order valence-corrected chi connectivity index (χ0v) is 10.8. The normalized spacial score (nSPS) is 10.9. The van der Waals surface area contributed by atoms with Crippen LogP contribution in [-0.2, 0) is 0 Å². The lowest BCUT2D eigenvalue weighted by atomic mass is 9.88. The van der Waals surface area contributed by atoms with Gasteiger partial charge in [0, 0.05) is 11.1 Å². The molecule has 0 aromatic heterocycles. The van der Waals surface area contributed by atoms with Crippen molar-refractivity contribution in [3.63, 3.8) is 0 Å². The highest BCUT2D eigenvalue weighted by Gasteiger charge is 2.14. The molecule has 4 aromatic carbocycles. The summed E-state index contributed by atoms with van der Waals surface area (Å²) in [5.41, 5.74) is 1.65. The van der Waals surface area contributed by atoms with Crippen LogP contribution in [0, 0.1) is 24.7 Å². The second kappa shape index (κ2) is 3.77. The van der Waals surface area contributed by atoms with Gasteiger partial charge in [-0.15, -0.1) is 12.8 Å². The van der Waals surface area contributed by atoms with E-state index in [2.05, 4.69) is 48.2 Å². The molecule has 0 heterocycles. The highest BCUT2D eigenvalue weighted by molar-refractivity contribution is 6.25. The van der Waals surface area contributed by atoms with E-state index in [4.69, 9.17) is 12.8 Å². The van der Waals surface area contributed by atoms with Crippen LogP contribution in [0.15, 0.2) is 48.5 Å². The van der Waals surface area contributed by atoms with Gasteiger partial charge >= 0.3 is 0 Å². The number of terminal acetylenes is 2. The number of benzene rings is 4. The van der Waals surface area contributed by atoms with E-state index in [1.54, 1.807) is 0 Å². The molecule has 0 nitrogen and oxygen atoms in total. The van der Waals surface area contributed by atoms with Gasteiger partial charge < -0.3 is 0 Å². The molecule has 0 bridgehead atoms. The first-order valence-electron chi connectivity index (χ1n) is 6.48.